The van der Waals surface area contributed by atoms with Crippen molar-refractivity contribution in [3.63, 3.8) is 0 Å². The molecule has 2 amide bonds. The maximum absolute atomic E-state index is 13.0. The molecule has 10 heteroatoms. The van der Waals surface area contributed by atoms with E-state index in [9.17, 15) is 4.79 Å². The van der Waals surface area contributed by atoms with Gasteiger partial charge in [0.1, 0.15) is 11.3 Å². The van der Waals surface area contributed by atoms with Gasteiger partial charge in [0.15, 0.2) is 17.1 Å². The molecule has 5 rings (SSSR count). The fourth-order valence-corrected chi connectivity index (χ4v) is 4.58. The molecule has 2 aromatic heterocycles. The highest BCUT2D eigenvalue weighted by Gasteiger charge is 2.24. The monoisotopic (exact) mass is 502 g/mol. The number of carbonyl (C=O) groups is 1. The van der Waals surface area contributed by atoms with Crippen molar-refractivity contribution in [2.75, 3.05) is 52.8 Å². The minimum absolute atomic E-state index is 0.172. The number of methoxy groups -OCH3 is 3. The van der Waals surface area contributed by atoms with Gasteiger partial charge in [-0.25, -0.2) is 14.8 Å². The number of para-hydroxylation sites is 1. The Bertz CT molecular complexity index is 1360. The number of fused-ring (bicyclic) bond motifs is 1. The molecule has 2 aromatic carbocycles. The standard InChI is InChI=1S/C27H30N6O4/c1-35-22-16-19(17-23(36-2)25(22)37-3)29-27(34)32-14-12-31(13-15-32)18-24-30-21-10-7-11-28-26(21)33(24)20-8-5-4-6-9-20/h4-11,16-17H,12-15,18H2,1-3H3,(H,29,34). The van der Waals surface area contributed by atoms with E-state index in [-0.39, 0.29) is 6.03 Å². The molecular formula is C27H30N6O4. The summed E-state index contributed by atoms with van der Waals surface area (Å²) in [5.74, 6) is 2.37. The van der Waals surface area contributed by atoms with Crippen molar-refractivity contribution in [1.82, 2.24) is 24.3 Å². The summed E-state index contributed by atoms with van der Waals surface area (Å²) in [6.07, 6.45) is 1.79. The molecule has 4 aromatic rings. The lowest BCUT2D eigenvalue weighted by Gasteiger charge is -2.34. The Balaban J connectivity index is 1.26. The van der Waals surface area contributed by atoms with E-state index in [1.54, 1.807) is 44.6 Å². The highest BCUT2D eigenvalue weighted by atomic mass is 16.5. The average molecular weight is 503 g/mol. The third-order valence-electron chi connectivity index (χ3n) is 6.44. The van der Waals surface area contributed by atoms with Gasteiger partial charge in [-0.3, -0.25) is 9.47 Å². The summed E-state index contributed by atoms with van der Waals surface area (Å²) in [7, 11) is 4.64. The Hall–Kier alpha value is -4.31. The van der Waals surface area contributed by atoms with Crippen molar-refractivity contribution < 1.29 is 19.0 Å². The van der Waals surface area contributed by atoms with Crippen LogP contribution in [0, 0.1) is 0 Å². The van der Waals surface area contributed by atoms with Gasteiger partial charge in [-0.05, 0) is 24.3 Å². The quantitative estimate of drug-likeness (QED) is 0.411. The van der Waals surface area contributed by atoms with E-state index < -0.39 is 0 Å². The fraction of sp³-hybridized carbons (Fsp3) is 0.296. The number of nitrogens with one attached hydrogen (secondary N) is 1. The van der Waals surface area contributed by atoms with Gasteiger partial charge in [-0.1, -0.05) is 18.2 Å². The Morgan fingerprint density at radius 2 is 1.62 bits per heavy atom. The normalized spacial score (nSPS) is 14.0. The lowest BCUT2D eigenvalue weighted by molar-refractivity contribution is 0.140. The van der Waals surface area contributed by atoms with Crippen LogP contribution in [0.5, 0.6) is 17.2 Å². The molecule has 1 fully saturated rings. The molecule has 1 aliphatic rings. The number of piperazine rings is 1. The van der Waals surface area contributed by atoms with Crippen LogP contribution in [0.25, 0.3) is 16.9 Å². The van der Waals surface area contributed by atoms with Crippen molar-refractivity contribution >= 4 is 22.9 Å². The van der Waals surface area contributed by atoms with E-state index in [0.717, 1.165) is 35.8 Å². The number of rotatable bonds is 7. The maximum Gasteiger partial charge on any atom is 0.321 e. The van der Waals surface area contributed by atoms with Crippen molar-refractivity contribution in [2.24, 2.45) is 0 Å². The molecule has 0 bridgehead atoms. The first-order valence-electron chi connectivity index (χ1n) is 12.1. The lowest BCUT2D eigenvalue weighted by Crippen LogP contribution is -2.49. The number of urea groups is 1. The molecule has 3 heterocycles. The van der Waals surface area contributed by atoms with Crippen LogP contribution in [-0.2, 0) is 6.54 Å². The molecule has 1 N–H and O–H groups in total. The Kier molecular flexibility index (Phi) is 7.09. The molecule has 10 nitrogen and oxygen atoms in total. The molecule has 0 spiro atoms. The number of nitrogens with zero attached hydrogens (tertiary/aromatic N) is 5. The Morgan fingerprint density at radius 1 is 0.919 bits per heavy atom. The second-order valence-corrected chi connectivity index (χ2v) is 8.65. The Morgan fingerprint density at radius 3 is 2.27 bits per heavy atom. The van der Waals surface area contributed by atoms with Crippen LogP contribution >= 0.6 is 0 Å². The molecule has 192 valence electrons. The zero-order valence-corrected chi connectivity index (χ0v) is 21.2. The van der Waals surface area contributed by atoms with Crippen LogP contribution in [-0.4, -0.2) is 77.9 Å². The molecule has 0 unspecified atom stereocenters. The molecule has 0 radical (unpaired) electrons. The van der Waals surface area contributed by atoms with Crippen molar-refractivity contribution in [1.29, 1.82) is 0 Å². The second-order valence-electron chi connectivity index (χ2n) is 8.65. The van der Waals surface area contributed by atoms with Gasteiger partial charge in [0.05, 0.1) is 33.6 Å². The first-order chi connectivity index (χ1) is 18.1. The van der Waals surface area contributed by atoms with Crippen molar-refractivity contribution in [3.8, 4) is 22.9 Å². The minimum Gasteiger partial charge on any atom is -0.493 e. The van der Waals surface area contributed by atoms with Crippen molar-refractivity contribution in [3.05, 3.63) is 66.6 Å². The van der Waals surface area contributed by atoms with Crippen LogP contribution in [0.4, 0.5) is 10.5 Å². The zero-order valence-electron chi connectivity index (χ0n) is 21.2. The molecule has 0 saturated carbocycles. The first kappa shape index (κ1) is 24.4. The van der Waals surface area contributed by atoms with E-state index >= 15 is 0 Å². The number of pyridine rings is 1. The molecule has 1 saturated heterocycles. The lowest BCUT2D eigenvalue weighted by atomic mass is 10.2. The topological polar surface area (TPSA) is 94.0 Å². The summed E-state index contributed by atoms with van der Waals surface area (Å²) < 4.78 is 18.3. The molecule has 1 aliphatic heterocycles. The van der Waals surface area contributed by atoms with E-state index in [2.05, 4.69) is 31.9 Å². The molecular weight excluding hydrogens is 472 g/mol. The smallest absolute Gasteiger partial charge is 0.321 e. The molecule has 0 aliphatic carbocycles. The predicted molar refractivity (Wildman–Crippen MR) is 141 cm³/mol. The second kappa shape index (κ2) is 10.8. The Labute approximate surface area is 215 Å². The van der Waals surface area contributed by atoms with Gasteiger partial charge in [0.25, 0.3) is 0 Å². The summed E-state index contributed by atoms with van der Waals surface area (Å²) in [5, 5.41) is 2.95. The number of hydrogen-bond acceptors (Lipinski definition) is 7. The largest absolute Gasteiger partial charge is 0.493 e. The van der Waals surface area contributed by atoms with Gasteiger partial charge in [-0.15, -0.1) is 0 Å². The number of amides is 2. The molecule has 0 atom stereocenters. The third kappa shape index (κ3) is 5.01. The summed E-state index contributed by atoms with van der Waals surface area (Å²) in [4.78, 5) is 26.6. The first-order valence-corrected chi connectivity index (χ1v) is 12.1. The SMILES string of the molecule is COc1cc(NC(=O)N2CCN(Cc3nc4cccnc4n3-c3ccccc3)CC2)cc(OC)c1OC. The van der Waals surface area contributed by atoms with Crippen LogP contribution in [0.2, 0.25) is 0 Å². The summed E-state index contributed by atoms with van der Waals surface area (Å²) >= 11 is 0. The summed E-state index contributed by atoms with van der Waals surface area (Å²) in [5.41, 5.74) is 3.31. The number of ether oxygens (including phenoxy) is 3. The average Bonchev–Trinajstić information content (AvgIpc) is 3.31. The highest BCUT2D eigenvalue weighted by molar-refractivity contribution is 5.90. The van der Waals surface area contributed by atoms with Crippen LogP contribution in [0.3, 0.4) is 0 Å². The number of anilines is 1. The number of hydrogen-bond donors (Lipinski definition) is 1. The fourth-order valence-electron chi connectivity index (χ4n) is 4.58. The van der Waals surface area contributed by atoms with Crippen molar-refractivity contribution in [2.45, 2.75) is 6.54 Å². The van der Waals surface area contributed by atoms with E-state index in [1.807, 2.05) is 30.3 Å². The van der Waals surface area contributed by atoms with Gasteiger partial charge in [-0.2, -0.15) is 0 Å². The highest BCUT2D eigenvalue weighted by Crippen LogP contribution is 2.40. The van der Waals surface area contributed by atoms with Gasteiger partial charge >= 0.3 is 6.03 Å². The predicted octanol–water partition coefficient (Wildman–Crippen LogP) is 3.80. The molecule has 37 heavy (non-hydrogen) atoms. The van der Waals surface area contributed by atoms with Gasteiger partial charge < -0.3 is 24.4 Å². The van der Waals surface area contributed by atoms with Crippen LogP contribution in [0.1, 0.15) is 5.82 Å². The number of carbonyl (C=O) groups excluding carboxylic acids is 1. The van der Waals surface area contributed by atoms with Crippen LogP contribution in [0.15, 0.2) is 60.8 Å². The van der Waals surface area contributed by atoms with E-state index in [0.29, 0.717) is 42.6 Å². The summed E-state index contributed by atoms with van der Waals surface area (Å²) in [6.45, 7) is 3.32. The maximum atomic E-state index is 13.0. The number of aromatic nitrogens is 3. The minimum atomic E-state index is -0.172. The summed E-state index contributed by atoms with van der Waals surface area (Å²) in [6, 6.07) is 17.3. The van der Waals surface area contributed by atoms with Gasteiger partial charge in [0.2, 0.25) is 5.75 Å². The van der Waals surface area contributed by atoms with E-state index in [4.69, 9.17) is 19.2 Å². The third-order valence-corrected chi connectivity index (χ3v) is 6.44. The number of benzene rings is 2. The number of imidazole rings is 1. The van der Waals surface area contributed by atoms with Crippen LogP contribution < -0.4 is 19.5 Å². The zero-order chi connectivity index (χ0) is 25.8. The van der Waals surface area contributed by atoms with Gasteiger partial charge in [0, 0.05) is 50.2 Å². The van der Waals surface area contributed by atoms with E-state index in [1.165, 1.54) is 0 Å².